The first kappa shape index (κ1) is 4.36. The van der Waals surface area contributed by atoms with Crippen LogP contribution in [0, 0.1) is 19.4 Å². The molecule has 0 bridgehead atoms. The third-order valence-corrected chi connectivity index (χ3v) is 0.227. The van der Waals surface area contributed by atoms with Crippen molar-refractivity contribution in [3.8, 4) is 12.5 Å². The second-order valence-corrected chi connectivity index (χ2v) is 0.571. The van der Waals surface area contributed by atoms with Gasteiger partial charge in [-0.3, -0.25) is 0 Å². The van der Waals surface area contributed by atoms with Gasteiger partial charge in [-0.15, -0.1) is 0 Å². The molecule has 1 N–H and O–H groups in total. The molecular weight excluding hydrogens is 62.1 g/mol. The number of rotatable bonds is 1. The molecule has 1 nitrogen and oxygen atoms in total. The van der Waals surface area contributed by atoms with Crippen LogP contribution in [0.1, 0.15) is 0 Å². The van der Waals surface area contributed by atoms with Gasteiger partial charge < -0.3 is 5.32 Å². The number of nitrogens with one attached hydrogen (secondary N) is 1. The molecule has 5 heavy (non-hydrogen) atoms. The topological polar surface area (TPSA) is 12.0 Å². The van der Waals surface area contributed by atoms with E-state index >= 15 is 0 Å². The van der Waals surface area contributed by atoms with Crippen molar-refractivity contribution in [1.82, 2.24) is 5.32 Å². The molecule has 0 aliphatic carbocycles. The van der Waals surface area contributed by atoms with Crippen molar-refractivity contribution in [1.29, 1.82) is 0 Å². The Morgan fingerprint density at radius 2 is 2.60 bits per heavy atom. The smallest absolute Gasteiger partial charge is 0.0230 e. The predicted octanol–water partition coefficient (Wildman–Crippen LogP) is 0.000790. The van der Waals surface area contributed by atoms with Crippen LogP contribution >= 0.6 is 0 Å². The average Bonchev–Trinajstić information content (AvgIpc) is 1.41. The van der Waals surface area contributed by atoms with Gasteiger partial charge in [0.25, 0.3) is 0 Å². The van der Waals surface area contributed by atoms with E-state index in [0.29, 0.717) is 6.54 Å². The molecule has 0 aromatic heterocycles. The minimum Gasteiger partial charge on any atom is -0.346 e. The highest BCUT2D eigenvalue weighted by Gasteiger charge is 1.54. The van der Waals surface area contributed by atoms with Gasteiger partial charge in [-0.2, -0.15) is 0 Å². The summed E-state index contributed by atoms with van der Waals surface area (Å²) in [5, 5.41) is 2.53. The fourth-order valence-electron chi connectivity index (χ4n) is 0.0722. The van der Waals surface area contributed by atoms with Crippen LogP contribution in [0.5, 0.6) is 0 Å². The molecular formula is C4H6N. The maximum Gasteiger partial charge on any atom is 0.0230 e. The first-order valence-electron chi connectivity index (χ1n) is 1.39. The molecule has 0 unspecified atom stereocenters. The molecule has 0 aliphatic rings. The van der Waals surface area contributed by atoms with E-state index < -0.39 is 0 Å². The SMILES string of the molecule is C#CNC[CH2]. The maximum atomic E-state index is 4.74. The molecule has 0 rings (SSSR count). The van der Waals surface area contributed by atoms with Gasteiger partial charge in [0, 0.05) is 12.6 Å². The van der Waals surface area contributed by atoms with Gasteiger partial charge in [0.05, 0.1) is 0 Å². The minimum absolute atomic E-state index is 0.608. The molecule has 0 amide bonds. The van der Waals surface area contributed by atoms with Crippen molar-refractivity contribution in [2.75, 3.05) is 6.54 Å². The molecule has 0 spiro atoms. The quantitative estimate of drug-likeness (QED) is 0.337. The zero-order valence-electron chi connectivity index (χ0n) is 2.99. The van der Waals surface area contributed by atoms with Crippen molar-refractivity contribution >= 4 is 0 Å². The molecule has 1 radical (unpaired) electrons. The Morgan fingerprint density at radius 1 is 2.00 bits per heavy atom. The molecule has 0 aliphatic heterocycles. The van der Waals surface area contributed by atoms with E-state index in [2.05, 4.69) is 18.3 Å². The summed E-state index contributed by atoms with van der Waals surface area (Å²) in [6.07, 6.45) is 4.74. The Labute approximate surface area is 32.4 Å². The van der Waals surface area contributed by atoms with Gasteiger partial charge in [0.1, 0.15) is 0 Å². The fraction of sp³-hybridized carbons (Fsp3) is 0.250. The van der Waals surface area contributed by atoms with Gasteiger partial charge in [-0.1, -0.05) is 6.42 Å². The monoisotopic (exact) mass is 68.1 g/mol. The van der Waals surface area contributed by atoms with E-state index in [1.807, 2.05) is 0 Å². The highest BCUT2D eigenvalue weighted by molar-refractivity contribution is 4.79. The fourth-order valence-corrected chi connectivity index (χ4v) is 0.0722. The second kappa shape index (κ2) is 3.36. The summed E-state index contributed by atoms with van der Waals surface area (Å²) >= 11 is 0. The van der Waals surface area contributed by atoms with Crippen molar-refractivity contribution in [3.63, 3.8) is 0 Å². The van der Waals surface area contributed by atoms with Gasteiger partial charge in [-0.05, 0) is 6.92 Å². The number of hydrogen-bond donors (Lipinski definition) is 1. The van der Waals surface area contributed by atoms with E-state index in [9.17, 15) is 0 Å². The van der Waals surface area contributed by atoms with E-state index in [0.717, 1.165) is 0 Å². The minimum atomic E-state index is 0.608. The lowest BCUT2D eigenvalue weighted by atomic mass is 10.8. The van der Waals surface area contributed by atoms with Crippen LogP contribution in [0.25, 0.3) is 0 Å². The van der Waals surface area contributed by atoms with Gasteiger partial charge in [0.2, 0.25) is 0 Å². The van der Waals surface area contributed by atoms with Crippen molar-refractivity contribution < 1.29 is 0 Å². The lowest BCUT2D eigenvalue weighted by Gasteiger charge is -1.78. The summed E-state index contributed by atoms with van der Waals surface area (Å²) in [5.74, 6) is 0. The van der Waals surface area contributed by atoms with Crippen molar-refractivity contribution in [3.05, 3.63) is 6.92 Å². The predicted molar refractivity (Wildman–Crippen MR) is 22.2 cm³/mol. The molecule has 0 heterocycles. The summed E-state index contributed by atoms with van der Waals surface area (Å²) in [5.41, 5.74) is 0. The molecule has 0 saturated heterocycles. The van der Waals surface area contributed by atoms with Crippen LogP contribution in [-0.4, -0.2) is 6.54 Å². The Bertz CT molecular complexity index is 42.1. The Morgan fingerprint density at radius 3 is 2.60 bits per heavy atom. The van der Waals surface area contributed by atoms with E-state index in [4.69, 9.17) is 6.42 Å². The Hall–Kier alpha value is -0.640. The Kier molecular flexibility index (Phi) is 2.93. The summed E-state index contributed by atoms with van der Waals surface area (Å²) in [4.78, 5) is 0. The third-order valence-electron chi connectivity index (χ3n) is 0.227. The normalized spacial score (nSPS) is 5.60. The lowest BCUT2D eigenvalue weighted by molar-refractivity contribution is 1.03. The van der Waals surface area contributed by atoms with Crippen LogP contribution in [-0.2, 0) is 0 Å². The van der Waals surface area contributed by atoms with E-state index in [1.54, 1.807) is 0 Å². The molecule has 0 aromatic rings. The van der Waals surface area contributed by atoms with Crippen LogP contribution in [0.3, 0.4) is 0 Å². The molecule has 27 valence electrons. The first-order chi connectivity index (χ1) is 2.41. The summed E-state index contributed by atoms with van der Waals surface area (Å²) in [6.45, 7) is 4.03. The van der Waals surface area contributed by atoms with Crippen LogP contribution < -0.4 is 5.32 Å². The number of terminal acetylenes is 1. The highest BCUT2D eigenvalue weighted by atomic mass is 14.8. The number of hydrogen-bond acceptors (Lipinski definition) is 1. The molecule has 0 atom stereocenters. The van der Waals surface area contributed by atoms with Gasteiger partial charge >= 0.3 is 0 Å². The van der Waals surface area contributed by atoms with E-state index in [1.165, 1.54) is 0 Å². The average molecular weight is 68.1 g/mol. The molecule has 1 heteroatoms. The molecule has 0 aromatic carbocycles. The van der Waals surface area contributed by atoms with Crippen LogP contribution in [0.4, 0.5) is 0 Å². The zero-order valence-corrected chi connectivity index (χ0v) is 2.99. The van der Waals surface area contributed by atoms with Gasteiger partial charge in [-0.25, -0.2) is 0 Å². The summed E-state index contributed by atoms with van der Waals surface area (Å²) in [7, 11) is 0. The van der Waals surface area contributed by atoms with Gasteiger partial charge in [0.15, 0.2) is 0 Å². The van der Waals surface area contributed by atoms with E-state index in [-0.39, 0.29) is 0 Å². The second-order valence-electron chi connectivity index (χ2n) is 0.571. The van der Waals surface area contributed by atoms with Crippen molar-refractivity contribution in [2.24, 2.45) is 0 Å². The summed E-state index contributed by atoms with van der Waals surface area (Å²) in [6, 6.07) is 2.20. The molecule has 0 fully saturated rings. The largest absolute Gasteiger partial charge is 0.346 e. The summed E-state index contributed by atoms with van der Waals surface area (Å²) < 4.78 is 0. The van der Waals surface area contributed by atoms with Crippen LogP contribution in [0.15, 0.2) is 0 Å². The Balaban J connectivity index is 2.48. The zero-order chi connectivity index (χ0) is 4.12. The maximum absolute atomic E-state index is 4.74. The standard InChI is InChI=1S/C4H6N/c1-3-5-4-2/h1,5H,2,4H2. The molecule has 0 saturated carbocycles. The highest BCUT2D eigenvalue weighted by Crippen LogP contribution is 1.39. The third kappa shape index (κ3) is 3.36. The van der Waals surface area contributed by atoms with Crippen molar-refractivity contribution in [2.45, 2.75) is 0 Å². The van der Waals surface area contributed by atoms with Crippen LogP contribution in [0.2, 0.25) is 0 Å². The first-order valence-corrected chi connectivity index (χ1v) is 1.39. The lowest BCUT2D eigenvalue weighted by Crippen LogP contribution is -2.01.